The molecule has 0 unspecified atom stereocenters. The van der Waals surface area contributed by atoms with E-state index in [0.29, 0.717) is 30.2 Å². The van der Waals surface area contributed by atoms with Gasteiger partial charge in [0.05, 0.1) is 17.9 Å². The predicted molar refractivity (Wildman–Crippen MR) is 93.9 cm³/mol. The molecule has 0 fully saturated rings. The zero-order valence-electron chi connectivity index (χ0n) is 14.6. The molecule has 0 saturated heterocycles. The van der Waals surface area contributed by atoms with Gasteiger partial charge < -0.3 is 20.5 Å². The molecule has 5 heteroatoms. The molecular formula is C18H30N2O3. The molecule has 0 amide bonds. The second-order valence-corrected chi connectivity index (χ2v) is 5.61. The van der Waals surface area contributed by atoms with Crippen molar-refractivity contribution in [3.63, 3.8) is 0 Å². The molecule has 0 saturated carbocycles. The van der Waals surface area contributed by atoms with Crippen molar-refractivity contribution in [2.24, 2.45) is 0 Å². The molecule has 0 aliphatic rings. The lowest BCUT2D eigenvalue weighted by atomic mass is 10.2. The Morgan fingerprint density at radius 3 is 2.65 bits per heavy atom. The molecule has 0 aliphatic heterocycles. The van der Waals surface area contributed by atoms with Crippen molar-refractivity contribution in [1.29, 1.82) is 0 Å². The first kappa shape index (κ1) is 19.3. The minimum absolute atomic E-state index is 0.188. The monoisotopic (exact) mass is 322 g/mol. The van der Waals surface area contributed by atoms with E-state index in [1.807, 2.05) is 0 Å². The van der Waals surface area contributed by atoms with E-state index in [1.165, 1.54) is 0 Å². The maximum atomic E-state index is 12.1. The second kappa shape index (κ2) is 10.9. The van der Waals surface area contributed by atoms with Crippen molar-refractivity contribution < 1.29 is 14.3 Å². The number of benzene rings is 1. The number of hydrogen-bond acceptors (Lipinski definition) is 5. The summed E-state index contributed by atoms with van der Waals surface area (Å²) in [5, 5.41) is 3.35. The fourth-order valence-corrected chi connectivity index (χ4v) is 2.06. The van der Waals surface area contributed by atoms with Gasteiger partial charge in [-0.05, 0) is 44.0 Å². The molecule has 0 bridgehead atoms. The summed E-state index contributed by atoms with van der Waals surface area (Å²) in [6.07, 6.45) is 4.02. The van der Waals surface area contributed by atoms with Crippen LogP contribution in [0.1, 0.15) is 56.8 Å². The van der Waals surface area contributed by atoms with Crippen LogP contribution in [0.5, 0.6) is 5.75 Å². The number of nitrogen functional groups attached to an aromatic ring is 1. The fourth-order valence-electron chi connectivity index (χ4n) is 2.06. The predicted octanol–water partition coefficient (Wildman–Crippen LogP) is 3.38. The maximum absolute atomic E-state index is 12.1. The lowest BCUT2D eigenvalue weighted by Crippen LogP contribution is -2.34. The van der Waals surface area contributed by atoms with Crippen molar-refractivity contribution in [2.75, 3.05) is 25.5 Å². The molecule has 1 atom stereocenters. The first-order chi connectivity index (χ1) is 11.1. The average molecular weight is 322 g/mol. The quantitative estimate of drug-likeness (QED) is 0.371. The molecule has 130 valence electrons. The van der Waals surface area contributed by atoms with Crippen molar-refractivity contribution in [1.82, 2.24) is 5.32 Å². The number of anilines is 1. The minimum Gasteiger partial charge on any atom is -0.491 e. The summed E-state index contributed by atoms with van der Waals surface area (Å²) in [6, 6.07) is 5.23. The van der Waals surface area contributed by atoms with Crippen LogP contribution < -0.4 is 15.8 Å². The first-order valence-electron chi connectivity index (χ1n) is 8.55. The Hall–Kier alpha value is -1.75. The molecule has 0 aromatic heterocycles. The molecule has 5 nitrogen and oxygen atoms in total. The van der Waals surface area contributed by atoms with Gasteiger partial charge in [-0.1, -0.05) is 27.2 Å². The highest BCUT2D eigenvalue weighted by Crippen LogP contribution is 2.23. The van der Waals surface area contributed by atoms with E-state index < -0.39 is 0 Å². The smallest absolute Gasteiger partial charge is 0.338 e. The highest BCUT2D eigenvalue weighted by atomic mass is 16.5. The topological polar surface area (TPSA) is 73.6 Å². The number of unbranched alkanes of at least 4 members (excludes halogenated alkanes) is 1. The van der Waals surface area contributed by atoms with Crippen molar-refractivity contribution in [3.05, 3.63) is 23.8 Å². The van der Waals surface area contributed by atoms with E-state index in [1.54, 1.807) is 18.2 Å². The van der Waals surface area contributed by atoms with Crippen LogP contribution in [-0.2, 0) is 4.74 Å². The number of rotatable bonds is 11. The minimum atomic E-state index is -0.353. The van der Waals surface area contributed by atoms with E-state index in [9.17, 15) is 4.79 Å². The van der Waals surface area contributed by atoms with Gasteiger partial charge in [-0.15, -0.1) is 0 Å². The summed E-state index contributed by atoms with van der Waals surface area (Å²) in [6.45, 7) is 8.20. The van der Waals surface area contributed by atoms with Crippen LogP contribution in [0.2, 0.25) is 0 Å². The van der Waals surface area contributed by atoms with Crippen molar-refractivity contribution in [2.45, 2.75) is 52.5 Å². The van der Waals surface area contributed by atoms with Gasteiger partial charge in [0, 0.05) is 6.04 Å². The van der Waals surface area contributed by atoms with Gasteiger partial charge in [-0.3, -0.25) is 0 Å². The van der Waals surface area contributed by atoms with Gasteiger partial charge in [0.1, 0.15) is 12.4 Å². The number of esters is 1. The largest absolute Gasteiger partial charge is 0.491 e. The number of hydrogen-bond donors (Lipinski definition) is 2. The summed E-state index contributed by atoms with van der Waals surface area (Å²) in [5.41, 5.74) is 6.86. The zero-order chi connectivity index (χ0) is 17.1. The summed E-state index contributed by atoms with van der Waals surface area (Å²) in [5.74, 6) is 0.264. The Morgan fingerprint density at radius 1 is 1.26 bits per heavy atom. The molecule has 0 heterocycles. The molecule has 1 aromatic carbocycles. The molecule has 1 aromatic rings. The summed E-state index contributed by atoms with van der Waals surface area (Å²) in [4.78, 5) is 12.1. The summed E-state index contributed by atoms with van der Waals surface area (Å²) < 4.78 is 11.0. The van der Waals surface area contributed by atoms with Gasteiger partial charge in [0.2, 0.25) is 0 Å². The van der Waals surface area contributed by atoms with Crippen molar-refractivity contribution in [3.8, 4) is 5.75 Å². The lowest BCUT2D eigenvalue weighted by Gasteiger charge is -2.16. The van der Waals surface area contributed by atoms with Crippen LogP contribution in [0.4, 0.5) is 5.69 Å². The standard InChI is InChI=1S/C18H30N2O3/c1-4-7-11-22-17-9-8-14(12-16(17)19)18(21)23-13-15(6-3)20-10-5-2/h8-9,12,15,20H,4-7,10-11,13,19H2,1-3H3/t15-/m0/s1. The molecule has 0 aliphatic carbocycles. The Labute approximate surface area is 139 Å². The highest BCUT2D eigenvalue weighted by molar-refractivity contribution is 5.91. The molecular weight excluding hydrogens is 292 g/mol. The summed E-state index contributed by atoms with van der Waals surface area (Å²) >= 11 is 0. The second-order valence-electron chi connectivity index (χ2n) is 5.61. The number of carbonyl (C=O) groups excluding carboxylic acids is 1. The maximum Gasteiger partial charge on any atom is 0.338 e. The fraction of sp³-hybridized carbons (Fsp3) is 0.611. The lowest BCUT2D eigenvalue weighted by molar-refractivity contribution is 0.0463. The Morgan fingerprint density at radius 2 is 2.04 bits per heavy atom. The molecule has 23 heavy (non-hydrogen) atoms. The normalized spacial score (nSPS) is 12.0. The van der Waals surface area contributed by atoms with E-state index in [4.69, 9.17) is 15.2 Å². The Kier molecular flexibility index (Phi) is 9.14. The molecule has 3 N–H and O–H groups in total. The van der Waals surface area contributed by atoms with Gasteiger partial charge >= 0.3 is 5.97 Å². The highest BCUT2D eigenvalue weighted by Gasteiger charge is 2.13. The van der Waals surface area contributed by atoms with Crippen LogP contribution >= 0.6 is 0 Å². The van der Waals surface area contributed by atoms with Crippen LogP contribution in [-0.4, -0.2) is 31.8 Å². The van der Waals surface area contributed by atoms with Gasteiger partial charge in [0.25, 0.3) is 0 Å². The van der Waals surface area contributed by atoms with Gasteiger partial charge in [-0.25, -0.2) is 4.79 Å². The van der Waals surface area contributed by atoms with Crippen LogP contribution in [0, 0.1) is 0 Å². The Balaban J connectivity index is 2.54. The molecule has 0 spiro atoms. The van der Waals surface area contributed by atoms with Crippen molar-refractivity contribution >= 4 is 11.7 Å². The van der Waals surface area contributed by atoms with E-state index in [-0.39, 0.29) is 12.0 Å². The third kappa shape index (κ3) is 6.91. The van der Waals surface area contributed by atoms with Crippen LogP contribution in [0.15, 0.2) is 18.2 Å². The van der Waals surface area contributed by atoms with E-state index in [0.717, 1.165) is 32.2 Å². The van der Waals surface area contributed by atoms with E-state index in [2.05, 4.69) is 26.1 Å². The summed E-state index contributed by atoms with van der Waals surface area (Å²) in [7, 11) is 0. The number of nitrogens with one attached hydrogen (secondary N) is 1. The van der Waals surface area contributed by atoms with Gasteiger partial charge in [0.15, 0.2) is 0 Å². The molecule has 1 rings (SSSR count). The first-order valence-corrected chi connectivity index (χ1v) is 8.55. The number of nitrogens with two attached hydrogens (primary N) is 1. The van der Waals surface area contributed by atoms with Gasteiger partial charge in [-0.2, -0.15) is 0 Å². The van der Waals surface area contributed by atoms with E-state index >= 15 is 0 Å². The Bertz CT molecular complexity index is 477. The average Bonchev–Trinajstić information content (AvgIpc) is 2.56. The third-order valence-corrected chi connectivity index (χ3v) is 3.59. The van der Waals surface area contributed by atoms with Crippen LogP contribution in [0.25, 0.3) is 0 Å². The SMILES string of the molecule is CCCCOc1ccc(C(=O)OC[C@H](CC)NCCC)cc1N. The van der Waals surface area contributed by atoms with Crippen LogP contribution in [0.3, 0.4) is 0 Å². The number of carbonyl (C=O) groups is 1. The zero-order valence-corrected chi connectivity index (χ0v) is 14.6. The third-order valence-electron chi connectivity index (χ3n) is 3.59. The number of ether oxygens (including phenoxy) is 2. The molecule has 0 radical (unpaired) electrons.